The van der Waals surface area contributed by atoms with Gasteiger partial charge >= 0.3 is 5.97 Å². The van der Waals surface area contributed by atoms with Crippen molar-refractivity contribution in [3.63, 3.8) is 0 Å². The van der Waals surface area contributed by atoms with Gasteiger partial charge in [-0.2, -0.15) is 0 Å². The molecule has 0 unspecified atom stereocenters. The van der Waals surface area contributed by atoms with E-state index in [0.29, 0.717) is 6.42 Å². The molecule has 27 heavy (non-hydrogen) atoms. The molecule has 0 radical (unpaired) electrons. The number of carbonyl (C=O) groups excluding carboxylic acids is 2. The maximum atomic E-state index is 12.9. The molecular weight excluding hydrogens is 344 g/mol. The van der Waals surface area contributed by atoms with Crippen LogP contribution >= 0.6 is 0 Å². The van der Waals surface area contributed by atoms with Crippen molar-refractivity contribution in [2.75, 3.05) is 0 Å². The Kier molecular flexibility index (Phi) is 7.34. The van der Waals surface area contributed by atoms with Gasteiger partial charge < -0.3 is 15.7 Å². The summed E-state index contributed by atoms with van der Waals surface area (Å²) in [7, 11) is 0. The van der Waals surface area contributed by atoms with Crippen molar-refractivity contribution in [2.24, 2.45) is 16.2 Å². The summed E-state index contributed by atoms with van der Waals surface area (Å²) in [6, 6.07) is 0. The first-order chi connectivity index (χ1) is 11.6. The van der Waals surface area contributed by atoms with Crippen molar-refractivity contribution >= 4 is 17.8 Å². The summed E-state index contributed by atoms with van der Waals surface area (Å²) in [4.78, 5) is 36.9. The fourth-order valence-electron chi connectivity index (χ4n) is 3.48. The second kappa shape index (κ2) is 7.80. The van der Waals surface area contributed by atoms with Gasteiger partial charge in [0.2, 0.25) is 11.8 Å². The Balaban J connectivity index is 5.21. The van der Waals surface area contributed by atoms with Crippen LogP contribution in [0.3, 0.4) is 0 Å². The standard InChI is InChI=1S/C21H40N2O4/c1-17(2,3)22-14(24)19(6,7)13-21(10,11)23-15(25)18(4,5)12-20(8,9)16(26)27/h12-13H2,1-11H3,(H,22,24)(H,23,25)(H,26,27). The molecule has 0 spiro atoms. The minimum absolute atomic E-state index is 0.0661. The van der Waals surface area contributed by atoms with Crippen LogP contribution in [0.5, 0.6) is 0 Å². The Bertz CT molecular complexity index is 581. The van der Waals surface area contributed by atoms with E-state index in [1.807, 2.05) is 48.5 Å². The molecule has 0 aliphatic rings. The molecule has 3 N–H and O–H groups in total. The number of hydrogen-bond acceptors (Lipinski definition) is 3. The van der Waals surface area contributed by atoms with Crippen LogP contribution in [-0.2, 0) is 14.4 Å². The van der Waals surface area contributed by atoms with Crippen molar-refractivity contribution < 1.29 is 19.5 Å². The molecule has 158 valence electrons. The molecule has 0 atom stereocenters. The highest BCUT2D eigenvalue weighted by Crippen LogP contribution is 2.35. The van der Waals surface area contributed by atoms with E-state index in [9.17, 15) is 19.5 Å². The first-order valence-electron chi connectivity index (χ1n) is 9.50. The van der Waals surface area contributed by atoms with Crippen LogP contribution in [0.2, 0.25) is 0 Å². The summed E-state index contributed by atoms with van der Waals surface area (Å²) in [5.41, 5.74) is -3.48. The van der Waals surface area contributed by atoms with Crippen molar-refractivity contribution in [1.82, 2.24) is 10.6 Å². The van der Waals surface area contributed by atoms with Crippen LogP contribution in [0.4, 0.5) is 0 Å². The van der Waals surface area contributed by atoms with Crippen LogP contribution < -0.4 is 10.6 Å². The highest BCUT2D eigenvalue weighted by Gasteiger charge is 2.42. The third kappa shape index (κ3) is 8.31. The van der Waals surface area contributed by atoms with E-state index >= 15 is 0 Å². The van der Waals surface area contributed by atoms with E-state index in [-0.39, 0.29) is 23.8 Å². The van der Waals surface area contributed by atoms with E-state index in [0.717, 1.165) is 0 Å². The number of amides is 2. The molecule has 0 heterocycles. The highest BCUT2D eigenvalue weighted by atomic mass is 16.4. The molecule has 0 saturated heterocycles. The van der Waals surface area contributed by atoms with Gasteiger partial charge in [0.25, 0.3) is 0 Å². The number of carbonyl (C=O) groups is 3. The summed E-state index contributed by atoms with van der Waals surface area (Å²) in [6.07, 6.45) is 0.664. The van der Waals surface area contributed by atoms with Crippen LogP contribution in [0.1, 0.15) is 89.0 Å². The molecule has 0 aromatic rings. The smallest absolute Gasteiger partial charge is 0.309 e. The van der Waals surface area contributed by atoms with Gasteiger partial charge in [-0.25, -0.2) is 0 Å². The maximum absolute atomic E-state index is 12.9. The number of carboxylic acids is 1. The molecule has 6 nitrogen and oxygen atoms in total. The Morgan fingerprint density at radius 2 is 1.00 bits per heavy atom. The predicted molar refractivity (Wildman–Crippen MR) is 108 cm³/mol. The maximum Gasteiger partial charge on any atom is 0.309 e. The van der Waals surface area contributed by atoms with E-state index in [1.54, 1.807) is 27.7 Å². The average Bonchev–Trinajstić information content (AvgIpc) is 2.32. The molecule has 6 heteroatoms. The summed E-state index contributed by atoms with van der Waals surface area (Å²) < 4.78 is 0. The molecule has 0 fully saturated rings. The SMILES string of the molecule is CC(C)(C)NC(=O)C(C)(C)CC(C)(C)NC(=O)C(C)(C)CC(C)(C)C(=O)O. The number of nitrogens with one attached hydrogen (secondary N) is 2. The lowest BCUT2D eigenvalue weighted by atomic mass is 9.73. The molecule has 0 aliphatic carbocycles. The molecule has 0 aromatic carbocycles. The third-order valence-electron chi connectivity index (χ3n) is 4.52. The average molecular weight is 385 g/mol. The lowest BCUT2D eigenvalue weighted by molar-refractivity contribution is -0.150. The normalized spacial score (nSPS) is 13.9. The topological polar surface area (TPSA) is 95.5 Å². The summed E-state index contributed by atoms with van der Waals surface area (Å²) >= 11 is 0. The molecule has 0 saturated carbocycles. The fourth-order valence-corrected chi connectivity index (χ4v) is 3.48. The largest absolute Gasteiger partial charge is 0.481 e. The first-order valence-corrected chi connectivity index (χ1v) is 9.50. The molecule has 0 aromatic heterocycles. The van der Waals surface area contributed by atoms with E-state index < -0.39 is 27.8 Å². The number of aliphatic carboxylic acids is 1. The van der Waals surface area contributed by atoms with E-state index in [4.69, 9.17) is 0 Å². The van der Waals surface area contributed by atoms with Crippen LogP contribution in [0.15, 0.2) is 0 Å². The second-order valence-corrected chi connectivity index (χ2v) is 11.4. The Labute approximate surface area is 164 Å². The molecule has 0 aliphatic heterocycles. The molecular formula is C21H40N2O4. The lowest BCUT2D eigenvalue weighted by Gasteiger charge is -2.39. The lowest BCUT2D eigenvalue weighted by Crippen LogP contribution is -2.55. The zero-order chi connectivity index (χ0) is 22.1. The second-order valence-electron chi connectivity index (χ2n) is 11.4. The molecule has 0 bridgehead atoms. The number of carboxylic acid groups (broad SMARTS) is 1. The quantitative estimate of drug-likeness (QED) is 0.594. The van der Waals surface area contributed by atoms with Gasteiger partial charge in [-0.15, -0.1) is 0 Å². The Morgan fingerprint density at radius 3 is 1.37 bits per heavy atom. The summed E-state index contributed by atoms with van der Waals surface area (Å²) in [5.74, 6) is -1.21. The highest BCUT2D eigenvalue weighted by molar-refractivity contribution is 5.85. The van der Waals surface area contributed by atoms with Gasteiger partial charge in [0.1, 0.15) is 0 Å². The molecule has 2 amide bonds. The summed E-state index contributed by atoms with van der Waals surface area (Å²) in [5, 5.41) is 15.4. The van der Waals surface area contributed by atoms with Crippen molar-refractivity contribution in [2.45, 2.75) is 100 Å². The fraction of sp³-hybridized carbons (Fsp3) is 0.857. The van der Waals surface area contributed by atoms with Crippen molar-refractivity contribution in [3.8, 4) is 0 Å². The summed E-state index contributed by atoms with van der Waals surface area (Å²) in [6.45, 7) is 20.0. The Morgan fingerprint density at radius 1 is 0.630 bits per heavy atom. The minimum atomic E-state index is -1.00. The number of hydrogen-bond donors (Lipinski definition) is 3. The van der Waals surface area contributed by atoms with Gasteiger partial charge in [0.15, 0.2) is 0 Å². The monoisotopic (exact) mass is 384 g/mol. The van der Waals surface area contributed by atoms with Gasteiger partial charge in [-0.05, 0) is 61.3 Å². The predicted octanol–water partition coefficient (Wildman–Crippen LogP) is 3.74. The number of rotatable bonds is 8. The molecule has 0 rings (SSSR count). The minimum Gasteiger partial charge on any atom is -0.481 e. The zero-order valence-corrected chi connectivity index (χ0v) is 19.1. The zero-order valence-electron chi connectivity index (χ0n) is 19.1. The van der Waals surface area contributed by atoms with Crippen molar-refractivity contribution in [3.05, 3.63) is 0 Å². The van der Waals surface area contributed by atoms with Gasteiger partial charge in [-0.1, -0.05) is 27.7 Å². The van der Waals surface area contributed by atoms with E-state index in [1.165, 1.54) is 0 Å². The van der Waals surface area contributed by atoms with Gasteiger partial charge in [0, 0.05) is 21.9 Å². The van der Waals surface area contributed by atoms with Gasteiger partial charge in [0.05, 0.1) is 5.41 Å². The van der Waals surface area contributed by atoms with Crippen LogP contribution in [0, 0.1) is 16.2 Å². The van der Waals surface area contributed by atoms with Crippen LogP contribution in [0.25, 0.3) is 0 Å². The van der Waals surface area contributed by atoms with Crippen LogP contribution in [-0.4, -0.2) is 34.0 Å². The van der Waals surface area contributed by atoms with Crippen molar-refractivity contribution in [1.29, 1.82) is 0 Å². The van der Waals surface area contributed by atoms with E-state index in [2.05, 4.69) is 10.6 Å². The van der Waals surface area contributed by atoms with Gasteiger partial charge in [-0.3, -0.25) is 14.4 Å². The first kappa shape index (κ1) is 25.4. The third-order valence-corrected chi connectivity index (χ3v) is 4.52. The Hall–Kier alpha value is -1.59.